The zero-order valence-corrected chi connectivity index (χ0v) is 8.52. The van der Waals surface area contributed by atoms with Crippen molar-refractivity contribution in [3.05, 3.63) is 53.9 Å². The Labute approximate surface area is 95.4 Å². The first-order valence-corrected chi connectivity index (χ1v) is 4.73. The second-order valence-corrected chi connectivity index (χ2v) is 3.34. The van der Waals surface area contributed by atoms with E-state index < -0.39 is 23.3 Å². The zero-order valence-electron chi connectivity index (χ0n) is 8.52. The number of benzene rings is 1. The Morgan fingerprint density at radius 2 is 1.88 bits per heavy atom. The summed E-state index contributed by atoms with van der Waals surface area (Å²) in [7, 11) is 0. The first-order valence-electron chi connectivity index (χ1n) is 4.73. The second-order valence-electron chi connectivity index (χ2n) is 3.34. The summed E-state index contributed by atoms with van der Waals surface area (Å²) in [4.78, 5) is 14.0. The highest BCUT2D eigenvalue weighted by Crippen LogP contribution is 2.23. The van der Waals surface area contributed by atoms with E-state index in [0.29, 0.717) is 0 Å². The van der Waals surface area contributed by atoms with E-state index in [4.69, 9.17) is 5.11 Å². The summed E-state index contributed by atoms with van der Waals surface area (Å²) in [6, 6.07) is 6.76. The molecule has 2 rings (SSSR count). The monoisotopic (exact) mass is 235 g/mol. The van der Waals surface area contributed by atoms with Crippen LogP contribution in [0.3, 0.4) is 0 Å². The predicted molar refractivity (Wildman–Crippen MR) is 56.5 cm³/mol. The van der Waals surface area contributed by atoms with Gasteiger partial charge in [0.05, 0.1) is 0 Å². The molecule has 0 saturated heterocycles. The van der Waals surface area contributed by atoms with Crippen molar-refractivity contribution >= 4 is 5.97 Å². The average Bonchev–Trinajstić information content (AvgIpc) is 2.29. The van der Waals surface area contributed by atoms with Gasteiger partial charge in [-0.2, -0.15) is 0 Å². The van der Waals surface area contributed by atoms with Crippen LogP contribution in [0.4, 0.5) is 8.78 Å². The normalized spacial score (nSPS) is 10.2. The SMILES string of the molecule is O=C(O)c1ncc(-c2ccccc2F)cc1F. The topological polar surface area (TPSA) is 50.2 Å². The number of carboxylic acid groups (broad SMARTS) is 1. The molecule has 17 heavy (non-hydrogen) atoms. The number of aromatic nitrogens is 1. The van der Waals surface area contributed by atoms with Crippen LogP contribution in [0.5, 0.6) is 0 Å². The fourth-order valence-corrected chi connectivity index (χ4v) is 1.44. The van der Waals surface area contributed by atoms with Crippen molar-refractivity contribution in [1.29, 1.82) is 0 Å². The zero-order chi connectivity index (χ0) is 12.4. The third-order valence-electron chi connectivity index (χ3n) is 2.23. The van der Waals surface area contributed by atoms with E-state index in [1.165, 1.54) is 18.2 Å². The summed E-state index contributed by atoms with van der Waals surface area (Å²) in [5, 5.41) is 8.61. The molecule has 0 spiro atoms. The largest absolute Gasteiger partial charge is 0.476 e. The molecule has 1 heterocycles. The Hall–Kier alpha value is -2.30. The number of carbonyl (C=O) groups is 1. The number of rotatable bonds is 2. The van der Waals surface area contributed by atoms with Crippen molar-refractivity contribution in [1.82, 2.24) is 4.98 Å². The molecule has 0 radical (unpaired) electrons. The van der Waals surface area contributed by atoms with E-state index in [0.717, 1.165) is 12.3 Å². The smallest absolute Gasteiger partial charge is 0.357 e. The first-order chi connectivity index (χ1) is 8.09. The van der Waals surface area contributed by atoms with Crippen molar-refractivity contribution in [2.24, 2.45) is 0 Å². The van der Waals surface area contributed by atoms with E-state index in [-0.39, 0.29) is 11.1 Å². The molecule has 0 amide bonds. The maximum absolute atomic E-state index is 13.4. The minimum atomic E-state index is -1.46. The van der Waals surface area contributed by atoms with Gasteiger partial charge in [0.15, 0.2) is 11.5 Å². The van der Waals surface area contributed by atoms with Crippen molar-refractivity contribution in [3.8, 4) is 11.1 Å². The van der Waals surface area contributed by atoms with Crippen LogP contribution in [0.15, 0.2) is 36.5 Å². The lowest BCUT2D eigenvalue weighted by Crippen LogP contribution is -2.04. The van der Waals surface area contributed by atoms with Crippen LogP contribution in [0.25, 0.3) is 11.1 Å². The molecule has 1 aromatic heterocycles. The number of pyridine rings is 1. The van der Waals surface area contributed by atoms with Crippen molar-refractivity contribution < 1.29 is 18.7 Å². The Kier molecular flexibility index (Phi) is 2.82. The molecular formula is C12H7F2NO2. The molecule has 2 aromatic rings. The lowest BCUT2D eigenvalue weighted by Gasteiger charge is -2.04. The molecule has 0 aliphatic rings. The van der Waals surface area contributed by atoms with Crippen LogP contribution < -0.4 is 0 Å². The van der Waals surface area contributed by atoms with Crippen LogP contribution in [-0.4, -0.2) is 16.1 Å². The fraction of sp³-hybridized carbons (Fsp3) is 0. The summed E-state index contributed by atoms with van der Waals surface area (Å²) < 4.78 is 26.8. The van der Waals surface area contributed by atoms with E-state index in [1.54, 1.807) is 6.07 Å². The van der Waals surface area contributed by atoms with Gasteiger partial charge in [0, 0.05) is 17.3 Å². The number of nitrogens with zero attached hydrogens (tertiary/aromatic N) is 1. The highest BCUT2D eigenvalue weighted by Gasteiger charge is 2.14. The van der Waals surface area contributed by atoms with Gasteiger partial charge >= 0.3 is 5.97 Å². The lowest BCUT2D eigenvalue weighted by molar-refractivity contribution is 0.0685. The Morgan fingerprint density at radius 3 is 2.47 bits per heavy atom. The second kappa shape index (κ2) is 4.29. The molecule has 0 fully saturated rings. The van der Waals surface area contributed by atoms with Gasteiger partial charge in [-0.1, -0.05) is 18.2 Å². The van der Waals surface area contributed by atoms with Gasteiger partial charge in [-0.25, -0.2) is 18.6 Å². The van der Waals surface area contributed by atoms with Crippen LogP contribution in [0.1, 0.15) is 10.5 Å². The maximum Gasteiger partial charge on any atom is 0.357 e. The van der Waals surface area contributed by atoms with Gasteiger partial charge < -0.3 is 5.11 Å². The average molecular weight is 235 g/mol. The molecule has 1 N–H and O–H groups in total. The number of aromatic carboxylic acids is 1. The van der Waals surface area contributed by atoms with Crippen LogP contribution in [-0.2, 0) is 0 Å². The number of hydrogen-bond donors (Lipinski definition) is 1. The summed E-state index contributed by atoms with van der Waals surface area (Å²) in [5.74, 6) is -2.96. The number of carboxylic acids is 1. The van der Waals surface area contributed by atoms with E-state index in [2.05, 4.69) is 4.98 Å². The minimum Gasteiger partial charge on any atom is -0.476 e. The van der Waals surface area contributed by atoms with E-state index in [9.17, 15) is 13.6 Å². The highest BCUT2D eigenvalue weighted by molar-refractivity contribution is 5.86. The Balaban J connectivity index is 2.52. The van der Waals surface area contributed by atoms with Gasteiger partial charge in [-0.15, -0.1) is 0 Å². The minimum absolute atomic E-state index is 0.177. The summed E-state index contributed by atoms with van der Waals surface area (Å²) in [6.45, 7) is 0. The van der Waals surface area contributed by atoms with Gasteiger partial charge in [0.25, 0.3) is 0 Å². The summed E-state index contributed by atoms with van der Waals surface area (Å²) >= 11 is 0. The summed E-state index contributed by atoms with van der Waals surface area (Å²) in [5.41, 5.74) is -0.300. The molecule has 3 nitrogen and oxygen atoms in total. The molecule has 0 unspecified atom stereocenters. The highest BCUT2D eigenvalue weighted by atomic mass is 19.1. The van der Waals surface area contributed by atoms with Gasteiger partial charge in [-0.3, -0.25) is 0 Å². The van der Waals surface area contributed by atoms with Crippen LogP contribution in [0, 0.1) is 11.6 Å². The van der Waals surface area contributed by atoms with Crippen LogP contribution in [0.2, 0.25) is 0 Å². The van der Waals surface area contributed by atoms with Crippen molar-refractivity contribution in [2.45, 2.75) is 0 Å². The third kappa shape index (κ3) is 2.13. The van der Waals surface area contributed by atoms with Gasteiger partial charge in [0.1, 0.15) is 5.82 Å². The number of hydrogen-bond acceptors (Lipinski definition) is 2. The molecular weight excluding hydrogens is 228 g/mol. The maximum atomic E-state index is 13.4. The van der Waals surface area contributed by atoms with Gasteiger partial charge in [0.2, 0.25) is 0 Å². The molecule has 0 aliphatic heterocycles. The standard InChI is InChI=1S/C12H7F2NO2/c13-9-4-2-1-3-8(9)7-5-10(14)11(12(16)17)15-6-7/h1-6H,(H,16,17). The molecule has 0 bridgehead atoms. The fourth-order valence-electron chi connectivity index (χ4n) is 1.44. The van der Waals surface area contributed by atoms with Crippen LogP contribution >= 0.6 is 0 Å². The lowest BCUT2D eigenvalue weighted by atomic mass is 10.1. The van der Waals surface area contributed by atoms with Crippen molar-refractivity contribution in [3.63, 3.8) is 0 Å². The first kappa shape index (κ1) is 11.2. The number of halogens is 2. The third-order valence-corrected chi connectivity index (χ3v) is 2.23. The van der Waals surface area contributed by atoms with E-state index >= 15 is 0 Å². The quantitative estimate of drug-likeness (QED) is 0.870. The molecule has 86 valence electrons. The molecule has 0 saturated carbocycles. The van der Waals surface area contributed by atoms with Crippen molar-refractivity contribution in [2.75, 3.05) is 0 Å². The summed E-state index contributed by atoms with van der Waals surface area (Å²) in [6.07, 6.45) is 1.13. The van der Waals surface area contributed by atoms with Gasteiger partial charge in [-0.05, 0) is 12.1 Å². The molecule has 0 aliphatic carbocycles. The molecule has 0 atom stereocenters. The Bertz CT molecular complexity index is 584. The Morgan fingerprint density at radius 1 is 1.18 bits per heavy atom. The molecule has 5 heteroatoms. The predicted octanol–water partition coefficient (Wildman–Crippen LogP) is 2.73. The van der Waals surface area contributed by atoms with E-state index in [1.807, 2.05) is 0 Å². The molecule has 1 aromatic carbocycles.